The molecule has 0 aliphatic carbocycles. The van der Waals surface area contributed by atoms with Crippen molar-refractivity contribution in [2.45, 2.75) is 26.8 Å². The van der Waals surface area contributed by atoms with E-state index >= 15 is 0 Å². The van der Waals surface area contributed by atoms with Crippen LogP contribution in [0.4, 0.5) is 0 Å². The average molecular weight is 318 g/mol. The number of aryl methyl sites for hydroxylation is 3. The summed E-state index contributed by atoms with van der Waals surface area (Å²) in [5.41, 5.74) is 3.01. The first-order valence-corrected chi connectivity index (χ1v) is 6.59. The van der Waals surface area contributed by atoms with Gasteiger partial charge in [-0.3, -0.25) is 9.36 Å². The van der Waals surface area contributed by atoms with Crippen LogP contribution in [0.15, 0.2) is 10.7 Å². The molecule has 0 unspecified atom stereocenters. The van der Waals surface area contributed by atoms with Crippen LogP contribution in [0.25, 0.3) is 0 Å². The molecule has 0 N–H and O–H groups in total. The van der Waals surface area contributed by atoms with Crippen molar-refractivity contribution < 1.29 is 0 Å². The van der Waals surface area contributed by atoms with E-state index in [2.05, 4.69) is 33.1 Å². The van der Waals surface area contributed by atoms with Crippen molar-refractivity contribution in [3.8, 4) is 0 Å². The Morgan fingerprint density at radius 1 is 1.41 bits per heavy atom. The molecule has 92 valence electrons. The molecule has 0 aromatic carbocycles. The summed E-state index contributed by atoms with van der Waals surface area (Å²) in [6.45, 7) is 4.65. The van der Waals surface area contributed by atoms with Crippen LogP contribution < -0.4 is 0 Å². The fraction of sp³-hybridized carbons (Fsp3) is 0.455. The zero-order chi connectivity index (χ0) is 12.6. The van der Waals surface area contributed by atoms with Gasteiger partial charge in [0, 0.05) is 13.2 Å². The molecule has 4 nitrogen and oxygen atoms in total. The Morgan fingerprint density at radius 2 is 2.12 bits per heavy atom. The van der Waals surface area contributed by atoms with E-state index in [-0.39, 0.29) is 0 Å². The van der Waals surface area contributed by atoms with Gasteiger partial charge in [0.05, 0.1) is 33.1 Å². The monoisotopic (exact) mass is 316 g/mol. The van der Waals surface area contributed by atoms with Crippen LogP contribution in [-0.2, 0) is 20.0 Å². The summed E-state index contributed by atoms with van der Waals surface area (Å²) < 4.78 is 4.78. The van der Waals surface area contributed by atoms with E-state index in [9.17, 15) is 0 Å². The molecule has 0 aliphatic heterocycles. The first kappa shape index (κ1) is 12.6. The summed E-state index contributed by atoms with van der Waals surface area (Å²) >= 11 is 9.58. The van der Waals surface area contributed by atoms with Gasteiger partial charge in [-0.2, -0.15) is 10.2 Å². The van der Waals surface area contributed by atoms with E-state index in [1.54, 1.807) is 0 Å². The second-order valence-corrected chi connectivity index (χ2v) is 5.14. The minimum absolute atomic E-state index is 0.664. The molecule has 0 radical (unpaired) electrons. The highest BCUT2D eigenvalue weighted by molar-refractivity contribution is 9.10. The van der Waals surface area contributed by atoms with E-state index in [1.807, 2.05) is 29.5 Å². The minimum Gasteiger partial charge on any atom is -0.269 e. The summed E-state index contributed by atoms with van der Waals surface area (Å²) in [5.74, 6) is 0. The Hall–Kier alpha value is -0.810. The number of aromatic nitrogens is 4. The summed E-state index contributed by atoms with van der Waals surface area (Å²) in [6, 6.07) is 0. The lowest BCUT2D eigenvalue weighted by Gasteiger charge is -2.03. The molecule has 0 saturated heterocycles. The molecule has 0 saturated carbocycles. The maximum Gasteiger partial charge on any atom is 0.0840 e. The molecule has 2 aromatic heterocycles. The van der Waals surface area contributed by atoms with Crippen molar-refractivity contribution in [2.24, 2.45) is 7.05 Å². The molecule has 2 rings (SSSR count). The number of rotatable bonds is 3. The molecular weight excluding hydrogens is 304 g/mol. The van der Waals surface area contributed by atoms with Crippen LogP contribution in [0.2, 0.25) is 5.02 Å². The molecule has 0 aliphatic rings. The quantitative estimate of drug-likeness (QED) is 0.872. The van der Waals surface area contributed by atoms with Crippen LogP contribution in [-0.4, -0.2) is 19.6 Å². The van der Waals surface area contributed by atoms with Gasteiger partial charge in [-0.25, -0.2) is 0 Å². The molecule has 0 amide bonds. The maximum absolute atomic E-state index is 5.99. The third-order valence-electron chi connectivity index (χ3n) is 2.70. The third-order valence-corrected chi connectivity index (χ3v) is 3.99. The third kappa shape index (κ3) is 2.40. The Kier molecular flexibility index (Phi) is 3.58. The van der Waals surface area contributed by atoms with Crippen molar-refractivity contribution in [2.75, 3.05) is 0 Å². The van der Waals surface area contributed by atoms with Gasteiger partial charge in [0.2, 0.25) is 0 Å². The molecule has 0 spiro atoms. The maximum atomic E-state index is 5.99. The highest BCUT2D eigenvalue weighted by Gasteiger charge is 2.13. The molecule has 17 heavy (non-hydrogen) atoms. The zero-order valence-corrected chi connectivity index (χ0v) is 12.4. The number of nitrogens with zero attached hydrogens (tertiary/aromatic N) is 4. The van der Waals surface area contributed by atoms with Crippen LogP contribution >= 0.6 is 27.5 Å². The zero-order valence-electron chi connectivity index (χ0n) is 10.0. The van der Waals surface area contributed by atoms with E-state index in [0.29, 0.717) is 11.6 Å². The van der Waals surface area contributed by atoms with Gasteiger partial charge in [0.1, 0.15) is 0 Å². The highest BCUT2D eigenvalue weighted by atomic mass is 79.9. The van der Waals surface area contributed by atoms with Crippen molar-refractivity contribution in [3.63, 3.8) is 0 Å². The van der Waals surface area contributed by atoms with Gasteiger partial charge >= 0.3 is 0 Å². The van der Waals surface area contributed by atoms with Gasteiger partial charge in [-0.15, -0.1) is 0 Å². The van der Waals surface area contributed by atoms with Crippen molar-refractivity contribution >= 4 is 27.5 Å². The Bertz CT molecular complexity index is 524. The predicted octanol–water partition coefficient (Wildman–Crippen LogP) is 2.95. The van der Waals surface area contributed by atoms with E-state index in [4.69, 9.17) is 11.6 Å². The fourth-order valence-electron chi connectivity index (χ4n) is 1.72. The van der Waals surface area contributed by atoms with Gasteiger partial charge in [0.25, 0.3) is 0 Å². The Morgan fingerprint density at radius 3 is 2.59 bits per heavy atom. The molecular formula is C11H14BrClN4. The lowest BCUT2D eigenvalue weighted by molar-refractivity contribution is 0.613. The topological polar surface area (TPSA) is 35.6 Å². The molecule has 0 atom stereocenters. The SMILES string of the molecule is CCc1nn(C)c(Cn2cc(Cl)c(C)n2)c1Br. The Balaban J connectivity index is 2.32. The van der Waals surface area contributed by atoms with Crippen molar-refractivity contribution in [1.82, 2.24) is 19.6 Å². The second kappa shape index (κ2) is 4.82. The second-order valence-electron chi connectivity index (χ2n) is 3.94. The van der Waals surface area contributed by atoms with Crippen LogP contribution in [0, 0.1) is 6.92 Å². The number of hydrogen-bond acceptors (Lipinski definition) is 2. The molecule has 0 bridgehead atoms. The van der Waals surface area contributed by atoms with Gasteiger partial charge < -0.3 is 0 Å². The lowest BCUT2D eigenvalue weighted by atomic mass is 10.3. The molecule has 6 heteroatoms. The Labute approximate surface area is 114 Å². The highest BCUT2D eigenvalue weighted by Crippen LogP contribution is 2.23. The average Bonchev–Trinajstić information content (AvgIpc) is 2.73. The van der Waals surface area contributed by atoms with Crippen molar-refractivity contribution in [3.05, 3.63) is 32.8 Å². The minimum atomic E-state index is 0.664. The predicted molar refractivity (Wildman–Crippen MR) is 71.4 cm³/mol. The normalized spacial score (nSPS) is 11.1. The standard InChI is InChI=1S/C11H14BrClN4/c1-4-9-11(12)10(16(3)15-9)6-17-5-8(13)7(2)14-17/h5H,4,6H2,1-3H3. The summed E-state index contributed by atoms with van der Waals surface area (Å²) in [7, 11) is 1.94. The summed E-state index contributed by atoms with van der Waals surface area (Å²) in [6.07, 6.45) is 2.75. The van der Waals surface area contributed by atoms with Crippen molar-refractivity contribution in [1.29, 1.82) is 0 Å². The van der Waals surface area contributed by atoms with E-state index < -0.39 is 0 Å². The first-order chi connectivity index (χ1) is 8.02. The van der Waals surface area contributed by atoms with Gasteiger partial charge in [-0.1, -0.05) is 18.5 Å². The van der Waals surface area contributed by atoms with Crippen LogP contribution in [0.5, 0.6) is 0 Å². The molecule has 0 fully saturated rings. The molecule has 2 aromatic rings. The van der Waals surface area contributed by atoms with Gasteiger partial charge in [0.15, 0.2) is 0 Å². The summed E-state index contributed by atoms with van der Waals surface area (Å²) in [4.78, 5) is 0. The first-order valence-electron chi connectivity index (χ1n) is 5.42. The van der Waals surface area contributed by atoms with E-state index in [0.717, 1.165) is 28.0 Å². The van der Waals surface area contributed by atoms with Gasteiger partial charge in [-0.05, 0) is 29.3 Å². The molecule has 2 heterocycles. The number of hydrogen-bond donors (Lipinski definition) is 0. The van der Waals surface area contributed by atoms with Crippen LogP contribution in [0.1, 0.15) is 24.0 Å². The fourth-order valence-corrected chi connectivity index (χ4v) is 2.61. The smallest absolute Gasteiger partial charge is 0.0840 e. The lowest BCUT2D eigenvalue weighted by Crippen LogP contribution is -2.06. The largest absolute Gasteiger partial charge is 0.269 e. The van der Waals surface area contributed by atoms with Crippen LogP contribution in [0.3, 0.4) is 0 Å². The number of halogens is 2. The summed E-state index contributed by atoms with van der Waals surface area (Å²) in [5, 5.41) is 9.49. The van der Waals surface area contributed by atoms with E-state index in [1.165, 1.54) is 0 Å².